The Morgan fingerprint density at radius 3 is 2.46 bits per heavy atom. The van der Waals surface area contributed by atoms with Crippen LogP contribution in [0.25, 0.3) is 0 Å². The second-order valence-corrected chi connectivity index (χ2v) is 4.70. The van der Waals surface area contributed by atoms with Crippen molar-refractivity contribution in [3.8, 4) is 0 Å². The van der Waals surface area contributed by atoms with E-state index in [-0.39, 0.29) is 0 Å². The Bertz CT molecular complexity index is 200. The monoisotopic (exact) mass is 180 g/mol. The van der Waals surface area contributed by atoms with E-state index in [0.29, 0.717) is 0 Å². The van der Waals surface area contributed by atoms with Gasteiger partial charge in [-0.3, -0.25) is 0 Å². The summed E-state index contributed by atoms with van der Waals surface area (Å²) in [5, 5.41) is 0. The molecule has 1 rings (SSSR count). The largest absolute Gasteiger partial charge is 0.0741 e. The van der Waals surface area contributed by atoms with Crippen LogP contribution in [0.2, 0.25) is 0 Å². The minimum atomic E-state index is 0.870. The standard InChI is InChI=1S/C13H24/c1-6-9(3)12-8-13(11(12)5)10(4)7-2/h9,11-12H,6-8H2,1-5H3. The van der Waals surface area contributed by atoms with Crippen LogP contribution in [0.5, 0.6) is 0 Å². The summed E-state index contributed by atoms with van der Waals surface area (Å²) in [4.78, 5) is 0. The maximum Gasteiger partial charge on any atom is -0.0195 e. The summed E-state index contributed by atoms with van der Waals surface area (Å²) in [5.74, 6) is 2.76. The molecule has 0 heterocycles. The number of hydrogen-bond donors (Lipinski definition) is 0. The lowest BCUT2D eigenvalue weighted by Crippen LogP contribution is -2.32. The van der Waals surface area contributed by atoms with Gasteiger partial charge in [-0.25, -0.2) is 0 Å². The third kappa shape index (κ3) is 1.98. The zero-order chi connectivity index (χ0) is 10.0. The molecule has 0 nitrogen and oxygen atoms in total. The third-order valence-electron chi connectivity index (χ3n) is 4.10. The van der Waals surface area contributed by atoms with Crippen molar-refractivity contribution in [2.75, 3.05) is 0 Å². The average molecular weight is 180 g/mol. The molecule has 3 atom stereocenters. The van der Waals surface area contributed by atoms with Gasteiger partial charge in [-0.05, 0) is 37.5 Å². The molecule has 0 aromatic rings. The van der Waals surface area contributed by atoms with Crippen LogP contribution < -0.4 is 0 Å². The molecular weight excluding hydrogens is 156 g/mol. The van der Waals surface area contributed by atoms with Crippen LogP contribution in [-0.4, -0.2) is 0 Å². The Kier molecular flexibility index (Phi) is 3.58. The van der Waals surface area contributed by atoms with Crippen molar-refractivity contribution in [1.29, 1.82) is 0 Å². The van der Waals surface area contributed by atoms with E-state index < -0.39 is 0 Å². The molecule has 0 bridgehead atoms. The van der Waals surface area contributed by atoms with Crippen LogP contribution >= 0.6 is 0 Å². The Labute approximate surface area is 83.4 Å². The molecule has 0 amide bonds. The minimum absolute atomic E-state index is 0.870. The van der Waals surface area contributed by atoms with Crippen molar-refractivity contribution in [3.05, 3.63) is 11.1 Å². The molecule has 0 aromatic heterocycles. The number of allylic oxidation sites excluding steroid dienone is 2. The molecule has 13 heavy (non-hydrogen) atoms. The van der Waals surface area contributed by atoms with Crippen LogP contribution in [0, 0.1) is 17.8 Å². The lowest BCUT2D eigenvalue weighted by molar-refractivity contribution is 0.197. The number of hydrogen-bond acceptors (Lipinski definition) is 0. The van der Waals surface area contributed by atoms with Gasteiger partial charge >= 0.3 is 0 Å². The summed E-state index contributed by atoms with van der Waals surface area (Å²) in [7, 11) is 0. The van der Waals surface area contributed by atoms with Gasteiger partial charge in [-0.15, -0.1) is 0 Å². The van der Waals surface area contributed by atoms with Crippen LogP contribution in [-0.2, 0) is 0 Å². The van der Waals surface area contributed by atoms with Gasteiger partial charge in [0.1, 0.15) is 0 Å². The van der Waals surface area contributed by atoms with E-state index in [2.05, 4.69) is 34.6 Å². The molecule has 1 fully saturated rings. The van der Waals surface area contributed by atoms with Crippen LogP contribution in [0.1, 0.15) is 53.9 Å². The van der Waals surface area contributed by atoms with Crippen molar-refractivity contribution >= 4 is 0 Å². The quantitative estimate of drug-likeness (QED) is 0.564. The molecule has 1 saturated carbocycles. The second kappa shape index (κ2) is 4.30. The fourth-order valence-corrected chi connectivity index (χ4v) is 2.50. The van der Waals surface area contributed by atoms with E-state index in [0.717, 1.165) is 17.8 Å². The maximum atomic E-state index is 2.41. The predicted octanol–water partition coefficient (Wildman–Crippen LogP) is 4.42. The Morgan fingerprint density at radius 1 is 1.46 bits per heavy atom. The highest BCUT2D eigenvalue weighted by atomic mass is 14.4. The summed E-state index contributed by atoms with van der Waals surface area (Å²) in [6.07, 6.45) is 3.97. The van der Waals surface area contributed by atoms with Crippen molar-refractivity contribution in [2.24, 2.45) is 17.8 Å². The normalized spacial score (nSPS) is 33.9. The smallest absolute Gasteiger partial charge is 0.0195 e. The third-order valence-corrected chi connectivity index (χ3v) is 4.10. The van der Waals surface area contributed by atoms with Crippen molar-refractivity contribution in [1.82, 2.24) is 0 Å². The van der Waals surface area contributed by atoms with E-state index in [1.165, 1.54) is 19.3 Å². The van der Waals surface area contributed by atoms with Crippen molar-refractivity contribution in [2.45, 2.75) is 53.9 Å². The highest BCUT2D eigenvalue weighted by Crippen LogP contribution is 2.46. The molecular formula is C13H24. The molecule has 3 unspecified atom stereocenters. The highest BCUT2D eigenvalue weighted by Gasteiger charge is 2.35. The molecule has 0 N–H and O–H groups in total. The number of rotatable bonds is 3. The van der Waals surface area contributed by atoms with Gasteiger partial charge in [-0.1, -0.05) is 45.3 Å². The lowest BCUT2D eigenvalue weighted by Gasteiger charge is -2.42. The van der Waals surface area contributed by atoms with Gasteiger partial charge < -0.3 is 0 Å². The van der Waals surface area contributed by atoms with Crippen LogP contribution in [0.3, 0.4) is 0 Å². The summed E-state index contributed by atoms with van der Waals surface area (Å²) < 4.78 is 0. The zero-order valence-corrected chi connectivity index (χ0v) is 9.85. The Morgan fingerprint density at radius 2 is 2.08 bits per heavy atom. The SMILES string of the molecule is CCC(C)=C1CC(C(C)CC)C1C. The fraction of sp³-hybridized carbons (Fsp3) is 0.846. The Balaban J connectivity index is 2.57. The first-order valence-electron chi connectivity index (χ1n) is 5.80. The van der Waals surface area contributed by atoms with E-state index in [9.17, 15) is 0 Å². The van der Waals surface area contributed by atoms with Gasteiger partial charge in [0, 0.05) is 0 Å². The highest BCUT2D eigenvalue weighted by molar-refractivity contribution is 5.23. The predicted molar refractivity (Wildman–Crippen MR) is 59.7 cm³/mol. The second-order valence-electron chi connectivity index (χ2n) is 4.70. The molecule has 1 aliphatic carbocycles. The Hall–Kier alpha value is -0.260. The molecule has 0 aliphatic heterocycles. The first-order chi connectivity index (χ1) is 6.11. The summed E-state index contributed by atoms with van der Waals surface area (Å²) >= 11 is 0. The summed E-state index contributed by atoms with van der Waals surface area (Å²) in [5.41, 5.74) is 3.40. The van der Waals surface area contributed by atoms with E-state index in [4.69, 9.17) is 0 Å². The van der Waals surface area contributed by atoms with Gasteiger partial charge in [-0.2, -0.15) is 0 Å². The van der Waals surface area contributed by atoms with Gasteiger partial charge in [0.05, 0.1) is 0 Å². The first kappa shape index (κ1) is 10.8. The van der Waals surface area contributed by atoms with Gasteiger partial charge in [0.2, 0.25) is 0 Å². The van der Waals surface area contributed by atoms with Crippen LogP contribution in [0.4, 0.5) is 0 Å². The average Bonchev–Trinajstić information content (AvgIpc) is 2.14. The van der Waals surface area contributed by atoms with E-state index in [1.54, 1.807) is 11.1 Å². The van der Waals surface area contributed by atoms with Crippen molar-refractivity contribution in [3.63, 3.8) is 0 Å². The molecule has 0 radical (unpaired) electrons. The molecule has 0 spiro atoms. The zero-order valence-electron chi connectivity index (χ0n) is 9.85. The van der Waals surface area contributed by atoms with Crippen molar-refractivity contribution < 1.29 is 0 Å². The first-order valence-corrected chi connectivity index (χ1v) is 5.80. The molecule has 0 aromatic carbocycles. The lowest BCUT2D eigenvalue weighted by atomic mass is 9.63. The fourth-order valence-electron chi connectivity index (χ4n) is 2.50. The molecule has 0 heteroatoms. The molecule has 0 saturated heterocycles. The topological polar surface area (TPSA) is 0 Å². The minimum Gasteiger partial charge on any atom is -0.0741 e. The van der Waals surface area contributed by atoms with Gasteiger partial charge in [0.25, 0.3) is 0 Å². The van der Waals surface area contributed by atoms with E-state index >= 15 is 0 Å². The summed E-state index contributed by atoms with van der Waals surface area (Å²) in [6.45, 7) is 11.7. The summed E-state index contributed by atoms with van der Waals surface area (Å²) in [6, 6.07) is 0. The van der Waals surface area contributed by atoms with Crippen LogP contribution in [0.15, 0.2) is 11.1 Å². The molecule has 76 valence electrons. The van der Waals surface area contributed by atoms with Gasteiger partial charge in [0.15, 0.2) is 0 Å². The van der Waals surface area contributed by atoms with E-state index in [1.807, 2.05) is 0 Å². The molecule has 1 aliphatic rings. The maximum absolute atomic E-state index is 2.41.